The van der Waals surface area contributed by atoms with Crippen LogP contribution in [0, 0.1) is 6.92 Å². The highest BCUT2D eigenvalue weighted by atomic mass is 15.2. The summed E-state index contributed by atoms with van der Waals surface area (Å²) in [7, 11) is 2.20. The number of nitrogens with two attached hydrogens (primary N) is 1. The van der Waals surface area contributed by atoms with Gasteiger partial charge in [0.25, 0.3) is 0 Å². The molecule has 0 spiro atoms. The molecule has 0 radical (unpaired) electrons. The molecule has 3 heteroatoms. The highest BCUT2D eigenvalue weighted by Crippen LogP contribution is 2.25. The molecule has 3 nitrogen and oxygen atoms in total. The quantitative estimate of drug-likeness (QED) is 0.842. The minimum absolute atomic E-state index is 0.628. The lowest BCUT2D eigenvalue weighted by atomic mass is 10.1. The molecule has 0 aliphatic carbocycles. The Hall–Kier alpha value is -1.06. The summed E-state index contributed by atoms with van der Waals surface area (Å²) >= 11 is 0. The summed E-state index contributed by atoms with van der Waals surface area (Å²) in [6.07, 6.45) is 1.23. The Labute approximate surface area is 104 Å². The van der Waals surface area contributed by atoms with E-state index in [1.807, 2.05) is 0 Å². The average Bonchev–Trinajstić information content (AvgIpc) is 2.54. The number of para-hydroxylation sites is 1. The Morgan fingerprint density at radius 2 is 2.00 bits per heavy atom. The number of likely N-dealkylation sites (N-methyl/N-ethyl adjacent to an activating group) is 1. The molecule has 94 valence electrons. The van der Waals surface area contributed by atoms with Gasteiger partial charge in [0.1, 0.15) is 0 Å². The molecule has 0 unspecified atom stereocenters. The summed E-state index contributed by atoms with van der Waals surface area (Å²) in [6.45, 7) is 7.39. The number of nitrogens with zero attached hydrogens (tertiary/aromatic N) is 2. The van der Waals surface area contributed by atoms with Gasteiger partial charge in [0.2, 0.25) is 0 Å². The van der Waals surface area contributed by atoms with Crippen LogP contribution in [-0.4, -0.2) is 38.1 Å². The molecule has 0 atom stereocenters. The van der Waals surface area contributed by atoms with Crippen molar-refractivity contribution in [3.63, 3.8) is 0 Å². The number of benzene rings is 1. The summed E-state index contributed by atoms with van der Waals surface area (Å²) in [6, 6.07) is 6.44. The lowest BCUT2D eigenvalue weighted by Crippen LogP contribution is -2.30. The van der Waals surface area contributed by atoms with E-state index in [-0.39, 0.29) is 0 Å². The summed E-state index contributed by atoms with van der Waals surface area (Å²) in [5, 5.41) is 0. The SMILES string of the molecule is Cc1cccc(CN)c1N1CCCN(C)CC1. The Kier molecular flexibility index (Phi) is 4.02. The zero-order valence-corrected chi connectivity index (χ0v) is 10.9. The second-order valence-electron chi connectivity index (χ2n) is 4.93. The van der Waals surface area contributed by atoms with Crippen molar-refractivity contribution in [2.75, 3.05) is 38.1 Å². The van der Waals surface area contributed by atoms with E-state index in [4.69, 9.17) is 5.73 Å². The zero-order valence-electron chi connectivity index (χ0n) is 10.9. The summed E-state index contributed by atoms with van der Waals surface area (Å²) < 4.78 is 0. The number of hydrogen-bond donors (Lipinski definition) is 1. The van der Waals surface area contributed by atoms with E-state index in [9.17, 15) is 0 Å². The molecule has 1 heterocycles. The van der Waals surface area contributed by atoms with Crippen LogP contribution < -0.4 is 10.6 Å². The lowest BCUT2D eigenvalue weighted by molar-refractivity contribution is 0.360. The van der Waals surface area contributed by atoms with Gasteiger partial charge in [0.15, 0.2) is 0 Å². The smallest absolute Gasteiger partial charge is 0.0441 e. The molecule has 0 bridgehead atoms. The number of aryl methyl sites for hydroxylation is 1. The van der Waals surface area contributed by atoms with Gasteiger partial charge in [-0.05, 0) is 38.1 Å². The second-order valence-corrected chi connectivity index (χ2v) is 4.93. The molecule has 1 aliphatic rings. The molecule has 0 amide bonds. The Morgan fingerprint density at radius 1 is 1.18 bits per heavy atom. The van der Waals surface area contributed by atoms with Gasteiger partial charge in [-0.25, -0.2) is 0 Å². The topological polar surface area (TPSA) is 32.5 Å². The molecule has 1 aromatic rings. The third-order valence-electron chi connectivity index (χ3n) is 3.58. The maximum absolute atomic E-state index is 5.86. The van der Waals surface area contributed by atoms with Crippen LogP contribution in [0.5, 0.6) is 0 Å². The molecule has 1 aliphatic heterocycles. The fourth-order valence-corrected chi connectivity index (χ4v) is 2.61. The Bertz CT molecular complexity index is 376. The first-order valence-corrected chi connectivity index (χ1v) is 6.44. The van der Waals surface area contributed by atoms with Gasteiger partial charge in [0, 0.05) is 31.9 Å². The first kappa shape index (κ1) is 12.4. The fraction of sp³-hybridized carbons (Fsp3) is 0.571. The molecule has 0 aromatic heterocycles. The van der Waals surface area contributed by atoms with Gasteiger partial charge >= 0.3 is 0 Å². The van der Waals surface area contributed by atoms with Crippen LogP contribution in [0.4, 0.5) is 5.69 Å². The van der Waals surface area contributed by atoms with Crippen molar-refractivity contribution in [3.8, 4) is 0 Å². The first-order valence-electron chi connectivity index (χ1n) is 6.44. The van der Waals surface area contributed by atoms with Crippen molar-refractivity contribution in [1.82, 2.24) is 4.90 Å². The van der Waals surface area contributed by atoms with Crippen LogP contribution in [0.1, 0.15) is 17.5 Å². The van der Waals surface area contributed by atoms with Crippen molar-refractivity contribution >= 4 is 5.69 Å². The average molecular weight is 233 g/mol. The summed E-state index contributed by atoms with van der Waals surface area (Å²) in [4.78, 5) is 4.90. The molecule has 2 rings (SSSR count). The monoisotopic (exact) mass is 233 g/mol. The van der Waals surface area contributed by atoms with E-state index in [1.165, 1.54) is 29.8 Å². The minimum Gasteiger partial charge on any atom is -0.370 e. The van der Waals surface area contributed by atoms with Crippen LogP contribution >= 0.6 is 0 Å². The van der Waals surface area contributed by atoms with Crippen LogP contribution in [0.2, 0.25) is 0 Å². The number of hydrogen-bond acceptors (Lipinski definition) is 3. The molecule has 2 N–H and O–H groups in total. The van der Waals surface area contributed by atoms with Crippen LogP contribution in [0.25, 0.3) is 0 Å². The third-order valence-corrected chi connectivity index (χ3v) is 3.58. The zero-order chi connectivity index (χ0) is 12.3. The minimum atomic E-state index is 0.628. The Morgan fingerprint density at radius 3 is 2.76 bits per heavy atom. The Balaban J connectivity index is 2.26. The van der Waals surface area contributed by atoms with Crippen molar-refractivity contribution in [2.45, 2.75) is 19.9 Å². The normalized spacial score (nSPS) is 18.2. The van der Waals surface area contributed by atoms with Crippen molar-refractivity contribution in [3.05, 3.63) is 29.3 Å². The molecular formula is C14H23N3. The number of anilines is 1. The highest BCUT2D eigenvalue weighted by molar-refractivity contribution is 5.59. The predicted octanol–water partition coefficient (Wildman–Crippen LogP) is 1.60. The lowest BCUT2D eigenvalue weighted by Gasteiger charge is -2.27. The van der Waals surface area contributed by atoms with Crippen molar-refractivity contribution < 1.29 is 0 Å². The van der Waals surface area contributed by atoms with E-state index in [1.54, 1.807) is 0 Å². The van der Waals surface area contributed by atoms with Crippen molar-refractivity contribution in [2.24, 2.45) is 5.73 Å². The molecular weight excluding hydrogens is 210 g/mol. The molecule has 0 saturated carbocycles. The maximum Gasteiger partial charge on any atom is 0.0441 e. The van der Waals surface area contributed by atoms with E-state index >= 15 is 0 Å². The third kappa shape index (κ3) is 2.79. The molecule has 17 heavy (non-hydrogen) atoms. The summed E-state index contributed by atoms with van der Waals surface area (Å²) in [5.41, 5.74) is 9.84. The van der Waals surface area contributed by atoms with E-state index < -0.39 is 0 Å². The molecule has 1 saturated heterocycles. The van der Waals surface area contributed by atoms with E-state index in [0.717, 1.165) is 19.6 Å². The fourth-order valence-electron chi connectivity index (χ4n) is 2.61. The standard InChI is InChI=1S/C14H23N3/c1-12-5-3-6-13(11-15)14(12)17-8-4-7-16(2)9-10-17/h3,5-6H,4,7-11,15H2,1-2H3. The number of rotatable bonds is 2. The van der Waals surface area contributed by atoms with Crippen LogP contribution in [-0.2, 0) is 6.54 Å². The molecule has 1 aromatic carbocycles. The highest BCUT2D eigenvalue weighted by Gasteiger charge is 2.16. The largest absolute Gasteiger partial charge is 0.370 e. The van der Waals surface area contributed by atoms with Gasteiger partial charge in [-0.1, -0.05) is 18.2 Å². The maximum atomic E-state index is 5.86. The molecule has 1 fully saturated rings. The van der Waals surface area contributed by atoms with Crippen LogP contribution in [0.15, 0.2) is 18.2 Å². The van der Waals surface area contributed by atoms with Gasteiger partial charge in [-0.3, -0.25) is 0 Å². The van der Waals surface area contributed by atoms with Gasteiger partial charge in [-0.2, -0.15) is 0 Å². The van der Waals surface area contributed by atoms with Gasteiger partial charge < -0.3 is 15.5 Å². The second kappa shape index (κ2) is 5.52. The van der Waals surface area contributed by atoms with E-state index in [0.29, 0.717) is 6.54 Å². The summed E-state index contributed by atoms with van der Waals surface area (Å²) in [5.74, 6) is 0. The first-order chi connectivity index (χ1) is 8.22. The van der Waals surface area contributed by atoms with Gasteiger partial charge in [-0.15, -0.1) is 0 Å². The van der Waals surface area contributed by atoms with Crippen LogP contribution in [0.3, 0.4) is 0 Å². The van der Waals surface area contributed by atoms with Crippen molar-refractivity contribution in [1.29, 1.82) is 0 Å². The van der Waals surface area contributed by atoms with Gasteiger partial charge in [0.05, 0.1) is 0 Å². The van der Waals surface area contributed by atoms with E-state index in [2.05, 4.69) is 42.0 Å². The predicted molar refractivity (Wildman–Crippen MR) is 73.4 cm³/mol.